The molecule has 0 amide bonds. The second-order valence-corrected chi connectivity index (χ2v) is 5.08. The molecule has 0 fully saturated rings. The van der Waals surface area contributed by atoms with E-state index in [9.17, 15) is 18.0 Å². The number of alkyl halides is 3. The fourth-order valence-corrected chi connectivity index (χ4v) is 2.43. The van der Waals surface area contributed by atoms with Gasteiger partial charge < -0.3 is 4.42 Å². The lowest BCUT2D eigenvalue weighted by Crippen LogP contribution is -2.13. The molecule has 0 aliphatic rings. The molecule has 0 aliphatic heterocycles. The highest BCUT2D eigenvalue weighted by molar-refractivity contribution is 6.30. The van der Waals surface area contributed by atoms with Crippen LogP contribution in [-0.2, 0) is 6.18 Å². The Balaban J connectivity index is 2.46. The summed E-state index contributed by atoms with van der Waals surface area (Å²) in [4.78, 5) is 11.8. The molecular weight excluding hydrogens is 317 g/mol. The average molecular weight is 325 g/mol. The van der Waals surface area contributed by atoms with E-state index in [0.29, 0.717) is 5.02 Å². The van der Waals surface area contributed by atoms with Gasteiger partial charge in [-0.2, -0.15) is 13.2 Å². The van der Waals surface area contributed by atoms with Gasteiger partial charge in [-0.1, -0.05) is 41.9 Å². The van der Waals surface area contributed by atoms with E-state index in [1.807, 2.05) is 0 Å². The number of hydrogen-bond acceptors (Lipinski definition) is 2. The number of hydrogen-bond donors (Lipinski definition) is 0. The van der Waals surface area contributed by atoms with Crippen molar-refractivity contribution in [3.05, 3.63) is 69.7 Å². The minimum absolute atomic E-state index is 0.0976. The van der Waals surface area contributed by atoms with Gasteiger partial charge in [0.25, 0.3) is 0 Å². The van der Waals surface area contributed by atoms with Crippen molar-refractivity contribution in [1.29, 1.82) is 0 Å². The van der Waals surface area contributed by atoms with E-state index in [-0.39, 0.29) is 21.9 Å². The van der Waals surface area contributed by atoms with E-state index < -0.39 is 17.6 Å². The Morgan fingerprint density at radius 2 is 1.50 bits per heavy atom. The quantitative estimate of drug-likeness (QED) is 0.621. The van der Waals surface area contributed by atoms with Crippen LogP contribution in [0.3, 0.4) is 0 Å². The SMILES string of the molecule is O=c1oc(C(F)(F)F)c(-c2ccc(Cl)cc2)c2ccccc12. The molecule has 0 spiro atoms. The molecule has 3 aromatic rings. The maximum Gasteiger partial charge on any atom is 0.450 e. The molecule has 0 saturated carbocycles. The average Bonchev–Trinajstić information content (AvgIpc) is 2.47. The van der Waals surface area contributed by atoms with Crippen LogP contribution < -0.4 is 5.63 Å². The third-order valence-electron chi connectivity index (χ3n) is 3.23. The Bertz CT molecular complexity index is 896. The lowest BCUT2D eigenvalue weighted by atomic mass is 9.98. The summed E-state index contributed by atoms with van der Waals surface area (Å²) < 4.78 is 44.3. The molecule has 3 rings (SSSR count). The zero-order valence-electron chi connectivity index (χ0n) is 10.9. The molecule has 1 aromatic heterocycles. The maximum atomic E-state index is 13.3. The minimum atomic E-state index is -4.78. The van der Waals surface area contributed by atoms with Gasteiger partial charge in [0.05, 0.1) is 5.39 Å². The van der Waals surface area contributed by atoms with Crippen LogP contribution in [0.25, 0.3) is 21.9 Å². The van der Waals surface area contributed by atoms with Gasteiger partial charge >= 0.3 is 11.8 Å². The molecule has 22 heavy (non-hydrogen) atoms. The fourth-order valence-electron chi connectivity index (χ4n) is 2.30. The van der Waals surface area contributed by atoms with Gasteiger partial charge in [0.2, 0.25) is 5.76 Å². The molecule has 0 atom stereocenters. The minimum Gasteiger partial charge on any atom is -0.417 e. The monoisotopic (exact) mass is 324 g/mol. The van der Waals surface area contributed by atoms with Gasteiger partial charge in [0.1, 0.15) is 0 Å². The van der Waals surface area contributed by atoms with Crippen molar-refractivity contribution in [2.75, 3.05) is 0 Å². The lowest BCUT2D eigenvalue weighted by molar-refractivity contribution is -0.153. The lowest BCUT2D eigenvalue weighted by Gasteiger charge is -2.13. The fraction of sp³-hybridized carbons (Fsp3) is 0.0625. The van der Waals surface area contributed by atoms with Crippen LogP contribution in [0, 0.1) is 0 Å². The van der Waals surface area contributed by atoms with Crippen LogP contribution in [0.5, 0.6) is 0 Å². The van der Waals surface area contributed by atoms with Gasteiger partial charge in [-0.05, 0) is 23.8 Å². The summed E-state index contributed by atoms with van der Waals surface area (Å²) in [6.45, 7) is 0. The van der Waals surface area contributed by atoms with Crippen molar-refractivity contribution in [1.82, 2.24) is 0 Å². The van der Waals surface area contributed by atoms with Crippen LogP contribution in [0.1, 0.15) is 5.76 Å². The van der Waals surface area contributed by atoms with Crippen molar-refractivity contribution < 1.29 is 17.6 Å². The van der Waals surface area contributed by atoms with E-state index in [1.165, 1.54) is 36.4 Å². The highest BCUT2D eigenvalue weighted by Gasteiger charge is 2.39. The number of fused-ring (bicyclic) bond motifs is 1. The van der Waals surface area contributed by atoms with Crippen molar-refractivity contribution >= 4 is 22.4 Å². The van der Waals surface area contributed by atoms with Crippen LogP contribution in [0.15, 0.2) is 57.7 Å². The summed E-state index contributed by atoms with van der Waals surface area (Å²) in [5, 5.41) is 0.688. The molecule has 1 heterocycles. The van der Waals surface area contributed by atoms with E-state index in [2.05, 4.69) is 4.42 Å². The first-order valence-electron chi connectivity index (χ1n) is 6.27. The molecule has 0 bridgehead atoms. The summed E-state index contributed by atoms with van der Waals surface area (Å²) in [6, 6.07) is 11.9. The van der Waals surface area contributed by atoms with Crippen LogP contribution in [-0.4, -0.2) is 0 Å². The predicted molar refractivity (Wildman–Crippen MR) is 77.9 cm³/mol. The number of rotatable bonds is 1. The third-order valence-corrected chi connectivity index (χ3v) is 3.48. The molecule has 0 saturated heterocycles. The van der Waals surface area contributed by atoms with Crippen molar-refractivity contribution in [2.24, 2.45) is 0 Å². The first-order chi connectivity index (χ1) is 10.4. The summed E-state index contributed by atoms with van der Waals surface area (Å²) in [7, 11) is 0. The van der Waals surface area contributed by atoms with Crippen molar-refractivity contribution in [3.8, 4) is 11.1 Å². The summed E-state index contributed by atoms with van der Waals surface area (Å²) in [5.74, 6) is -1.31. The zero-order chi connectivity index (χ0) is 15.9. The van der Waals surface area contributed by atoms with E-state index in [1.54, 1.807) is 12.1 Å². The summed E-state index contributed by atoms with van der Waals surface area (Å²) >= 11 is 5.78. The molecule has 112 valence electrons. The Labute approximate surface area is 127 Å². The molecule has 2 aromatic carbocycles. The maximum absolute atomic E-state index is 13.3. The summed E-state index contributed by atoms with van der Waals surface area (Å²) in [6.07, 6.45) is -4.78. The highest BCUT2D eigenvalue weighted by Crippen LogP contribution is 2.40. The van der Waals surface area contributed by atoms with Crippen molar-refractivity contribution in [3.63, 3.8) is 0 Å². The standard InChI is InChI=1S/C16H8ClF3O2/c17-10-7-5-9(6-8-10)13-11-3-1-2-4-12(11)15(21)22-14(13)16(18,19)20/h1-8H. The molecule has 6 heteroatoms. The Kier molecular flexibility index (Phi) is 3.45. The molecule has 0 aliphatic carbocycles. The van der Waals surface area contributed by atoms with Crippen LogP contribution in [0.2, 0.25) is 5.02 Å². The second-order valence-electron chi connectivity index (χ2n) is 4.64. The predicted octanol–water partition coefficient (Wildman–Crippen LogP) is 5.13. The third kappa shape index (κ3) is 2.48. The van der Waals surface area contributed by atoms with Gasteiger partial charge in [-0.25, -0.2) is 4.79 Å². The van der Waals surface area contributed by atoms with Gasteiger partial charge in [-0.3, -0.25) is 0 Å². The topological polar surface area (TPSA) is 30.2 Å². The Morgan fingerprint density at radius 1 is 0.909 bits per heavy atom. The second kappa shape index (κ2) is 5.18. The molecule has 0 N–H and O–H groups in total. The number of benzene rings is 2. The largest absolute Gasteiger partial charge is 0.450 e. The first-order valence-corrected chi connectivity index (χ1v) is 6.64. The molecular formula is C16H8ClF3O2. The van der Waals surface area contributed by atoms with Gasteiger partial charge in [-0.15, -0.1) is 0 Å². The van der Waals surface area contributed by atoms with E-state index in [4.69, 9.17) is 11.6 Å². The smallest absolute Gasteiger partial charge is 0.417 e. The van der Waals surface area contributed by atoms with Crippen molar-refractivity contribution in [2.45, 2.75) is 6.18 Å². The van der Waals surface area contributed by atoms with Crippen LogP contribution in [0.4, 0.5) is 13.2 Å². The van der Waals surface area contributed by atoms with Gasteiger partial charge in [0, 0.05) is 16.0 Å². The Hall–Kier alpha value is -2.27. The van der Waals surface area contributed by atoms with Gasteiger partial charge in [0.15, 0.2) is 0 Å². The van der Waals surface area contributed by atoms with E-state index in [0.717, 1.165) is 0 Å². The molecule has 0 radical (unpaired) electrons. The molecule has 0 unspecified atom stereocenters. The molecule has 2 nitrogen and oxygen atoms in total. The van der Waals surface area contributed by atoms with Crippen LogP contribution >= 0.6 is 11.6 Å². The normalized spacial score (nSPS) is 11.8. The zero-order valence-corrected chi connectivity index (χ0v) is 11.7. The first kappa shape index (κ1) is 14.7. The van der Waals surface area contributed by atoms with E-state index >= 15 is 0 Å². The highest BCUT2D eigenvalue weighted by atomic mass is 35.5. The Morgan fingerprint density at radius 3 is 2.09 bits per heavy atom. The summed E-state index contributed by atoms with van der Waals surface area (Å²) in [5.41, 5.74) is -0.906. The number of halogens is 4.